The summed E-state index contributed by atoms with van der Waals surface area (Å²) in [4.78, 5) is 0. The minimum absolute atomic E-state index is 0.306. The number of rotatable bonds is 3. The second-order valence-corrected chi connectivity index (χ2v) is 5.89. The molecule has 0 saturated carbocycles. The number of hydrogen-bond donors (Lipinski definition) is 1. The predicted octanol–water partition coefficient (Wildman–Crippen LogP) is 4.62. The standard InChI is InChI=1S/C17H15FOS/c1-11-6-7-13(18)9-15(11)16(19)8-12-10-20-17-5-3-2-4-14(12)17/h2-7,9-10,16,19H,8H2,1H3. The van der Waals surface area contributed by atoms with Crippen molar-refractivity contribution in [1.82, 2.24) is 0 Å². The lowest BCUT2D eigenvalue weighted by Gasteiger charge is -2.13. The van der Waals surface area contributed by atoms with Gasteiger partial charge in [0.05, 0.1) is 6.10 Å². The molecule has 0 fully saturated rings. The Kier molecular flexibility index (Phi) is 3.55. The summed E-state index contributed by atoms with van der Waals surface area (Å²) in [7, 11) is 0. The predicted molar refractivity (Wildman–Crippen MR) is 81.6 cm³/mol. The molecule has 20 heavy (non-hydrogen) atoms. The van der Waals surface area contributed by atoms with E-state index in [4.69, 9.17) is 0 Å². The van der Waals surface area contributed by atoms with Crippen LogP contribution in [0.1, 0.15) is 22.8 Å². The highest BCUT2D eigenvalue weighted by molar-refractivity contribution is 7.17. The fraction of sp³-hybridized carbons (Fsp3) is 0.176. The molecule has 1 N–H and O–H groups in total. The molecule has 0 radical (unpaired) electrons. The second kappa shape index (κ2) is 5.35. The van der Waals surface area contributed by atoms with Crippen LogP contribution in [-0.2, 0) is 6.42 Å². The molecule has 102 valence electrons. The molecular weight excluding hydrogens is 271 g/mol. The van der Waals surface area contributed by atoms with Gasteiger partial charge in [0.25, 0.3) is 0 Å². The summed E-state index contributed by atoms with van der Waals surface area (Å²) >= 11 is 1.67. The molecule has 1 aromatic heterocycles. The Morgan fingerprint density at radius 2 is 2.00 bits per heavy atom. The summed E-state index contributed by atoms with van der Waals surface area (Å²) in [6.45, 7) is 1.89. The molecule has 0 aliphatic rings. The van der Waals surface area contributed by atoms with Gasteiger partial charge in [-0.05, 0) is 52.6 Å². The zero-order valence-electron chi connectivity index (χ0n) is 11.1. The molecule has 0 bridgehead atoms. The minimum atomic E-state index is -0.677. The summed E-state index contributed by atoms with van der Waals surface area (Å²) in [5.41, 5.74) is 2.69. The van der Waals surface area contributed by atoms with E-state index in [1.165, 1.54) is 22.2 Å². The average molecular weight is 286 g/mol. The van der Waals surface area contributed by atoms with E-state index in [1.807, 2.05) is 19.1 Å². The Morgan fingerprint density at radius 3 is 2.85 bits per heavy atom. The van der Waals surface area contributed by atoms with Crippen LogP contribution in [0.5, 0.6) is 0 Å². The van der Waals surface area contributed by atoms with Crippen LogP contribution >= 0.6 is 11.3 Å². The number of aryl methyl sites for hydroxylation is 1. The van der Waals surface area contributed by atoms with Crippen LogP contribution in [0.25, 0.3) is 10.1 Å². The van der Waals surface area contributed by atoms with E-state index in [1.54, 1.807) is 17.4 Å². The van der Waals surface area contributed by atoms with Gasteiger partial charge < -0.3 is 5.11 Å². The minimum Gasteiger partial charge on any atom is -0.388 e. The molecule has 0 saturated heterocycles. The Morgan fingerprint density at radius 1 is 1.20 bits per heavy atom. The van der Waals surface area contributed by atoms with Crippen molar-refractivity contribution in [3.63, 3.8) is 0 Å². The van der Waals surface area contributed by atoms with E-state index in [9.17, 15) is 9.50 Å². The number of halogens is 1. The van der Waals surface area contributed by atoms with Gasteiger partial charge in [-0.15, -0.1) is 11.3 Å². The summed E-state index contributed by atoms with van der Waals surface area (Å²) in [5, 5.41) is 13.6. The zero-order chi connectivity index (χ0) is 14.1. The number of aliphatic hydroxyl groups excluding tert-OH is 1. The largest absolute Gasteiger partial charge is 0.388 e. The number of aliphatic hydroxyl groups is 1. The third kappa shape index (κ3) is 2.47. The Balaban J connectivity index is 1.92. The monoisotopic (exact) mass is 286 g/mol. The van der Waals surface area contributed by atoms with E-state index in [2.05, 4.69) is 17.5 Å². The van der Waals surface area contributed by atoms with Gasteiger partial charge in [-0.2, -0.15) is 0 Å². The SMILES string of the molecule is Cc1ccc(F)cc1C(O)Cc1csc2ccccc12. The van der Waals surface area contributed by atoms with Crippen molar-refractivity contribution < 1.29 is 9.50 Å². The number of thiophene rings is 1. The first-order valence-electron chi connectivity index (χ1n) is 6.54. The highest BCUT2D eigenvalue weighted by Gasteiger charge is 2.14. The van der Waals surface area contributed by atoms with Gasteiger partial charge in [0.1, 0.15) is 5.82 Å². The van der Waals surface area contributed by atoms with Gasteiger partial charge in [0.15, 0.2) is 0 Å². The summed E-state index contributed by atoms with van der Waals surface area (Å²) < 4.78 is 14.5. The first kappa shape index (κ1) is 13.3. The van der Waals surface area contributed by atoms with Gasteiger partial charge >= 0.3 is 0 Å². The Labute approximate surface area is 121 Å². The lowest BCUT2D eigenvalue weighted by Crippen LogP contribution is -2.04. The molecule has 0 aliphatic carbocycles. The molecule has 1 heterocycles. The summed E-state index contributed by atoms with van der Waals surface area (Å²) in [6, 6.07) is 12.7. The van der Waals surface area contributed by atoms with E-state index >= 15 is 0 Å². The molecule has 1 nitrogen and oxygen atoms in total. The molecule has 3 aromatic rings. The first-order valence-corrected chi connectivity index (χ1v) is 7.42. The van der Waals surface area contributed by atoms with Gasteiger partial charge in [0, 0.05) is 11.1 Å². The molecular formula is C17H15FOS. The lowest BCUT2D eigenvalue weighted by molar-refractivity contribution is 0.178. The quantitative estimate of drug-likeness (QED) is 0.744. The van der Waals surface area contributed by atoms with Crippen LogP contribution in [0, 0.1) is 12.7 Å². The third-order valence-corrected chi connectivity index (χ3v) is 4.59. The van der Waals surface area contributed by atoms with Gasteiger partial charge in [-0.3, -0.25) is 0 Å². The Hall–Kier alpha value is -1.71. The van der Waals surface area contributed by atoms with Gasteiger partial charge in [0.2, 0.25) is 0 Å². The van der Waals surface area contributed by atoms with Crippen molar-refractivity contribution in [1.29, 1.82) is 0 Å². The normalized spacial score (nSPS) is 12.8. The fourth-order valence-corrected chi connectivity index (χ4v) is 3.46. The molecule has 0 aliphatic heterocycles. The van der Waals surface area contributed by atoms with Crippen LogP contribution in [-0.4, -0.2) is 5.11 Å². The van der Waals surface area contributed by atoms with E-state index in [0.717, 1.165) is 11.1 Å². The maximum absolute atomic E-state index is 13.3. The van der Waals surface area contributed by atoms with Crippen molar-refractivity contribution in [3.8, 4) is 0 Å². The third-order valence-electron chi connectivity index (χ3n) is 3.57. The maximum atomic E-state index is 13.3. The van der Waals surface area contributed by atoms with E-state index < -0.39 is 6.10 Å². The molecule has 1 unspecified atom stereocenters. The lowest BCUT2D eigenvalue weighted by atomic mass is 9.97. The number of fused-ring (bicyclic) bond motifs is 1. The molecule has 0 amide bonds. The number of hydrogen-bond acceptors (Lipinski definition) is 2. The smallest absolute Gasteiger partial charge is 0.123 e. The fourth-order valence-electron chi connectivity index (χ4n) is 2.48. The van der Waals surface area contributed by atoms with Crippen molar-refractivity contribution in [3.05, 3.63) is 70.4 Å². The van der Waals surface area contributed by atoms with Crippen LogP contribution in [0.3, 0.4) is 0 Å². The molecule has 0 spiro atoms. The molecule has 3 heteroatoms. The first-order chi connectivity index (χ1) is 9.65. The van der Waals surface area contributed by atoms with Crippen LogP contribution in [0.4, 0.5) is 4.39 Å². The maximum Gasteiger partial charge on any atom is 0.123 e. The van der Waals surface area contributed by atoms with Crippen molar-refractivity contribution in [2.45, 2.75) is 19.4 Å². The summed E-state index contributed by atoms with van der Waals surface area (Å²) in [6.07, 6.45) is -0.169. The average Bonchev–Trinajstić information content (AvgIpc) is 2.85. The van der Waals surface area contributed by atoms with Gasteiger partial charge in [-0.25, -0.2) is 4.39 Å². The molecule has 2 aromatic carbocycles. The molecule has 1 atom stereocenters. The van der Waals surface area contributed by atoms with Crippen molar-refractivity contribution >= 4 is 21.4 Å². The summed E-state index contributed by atoms with van der Waals surface area (Å²) in [5.74, 6) is -0.306. The highest BCUT2D eigenvalue weighted by atomic mass is 32.1. The van der Waals surface area contributed by atoms with Crippen LogP contribution in [0.15, 0.2) is 47.8 Å². The second-order valence-electron chi connectivity index (χ2n) is 4.98. The van der Waals surface area contributed by atoms with E-state index in [-0.39, 0.29) is 5.82 Å². The van der Waals surface area contributed by atoms with Crippen molar-refractivity contribution in [2.24, 2.45) is 0 Å². The Bertz CT molecular complexity index is 748. The van der Waals surface area contributed by atoms with Gasteiger partial charge in [-0.1, -0.05) is 24.3 Å². The zero-order valence-corrected chi connectivity index (χ0v) is 12.0. The highest BCUT2D eigenvalue weighted by Crippen LogP contribution is 2.30. The number of benzene rings is 2. The van der Waals surface area contributed by atoms with Crippen LogP contribution < -0.4 is 0 Å². The molecule has 3 rings (SSSR count). The van der Waals surface area contributed by atoms with Crippen LogP contribution in [0.2, 0.25) is 0 Å². The topological polar surface area (TPSA) is 20.2 Å². The van der Waals surface area contributed by atoms with E-state index in [0.29, 0.717) is 12.0 Å². The van der Waals surface area contributed by atoms with Crippen molar-refractivity contribution in [2.75, 3.05) is 0 Å².